The Kier molecular flexibility index (Phi) is 3.49. The predicted molar refractivity (Wildman–Crippen MR) is 52.1 cm³/mol. The first-order valence-corrected chi connectivity index (χ1v) is 3.97. The van der Waals surface area contributed by atoms with Gasteiger partial charge in [-0.3, -0.25) is 4.84 Å². The molecule has 1 aromatic heterocycles. The molecule has 14 heavy (non-hydrogen) atoms. The number of aromatic nitrogens is 1. The fourth-order valence-corrected chi connectivity index (χ4v) is 0.888. The average Bonchev–Trinajstić information content (AvgIpc) is 2.18. The number of pyridine rings is 1. The Hall–Kier alpha value is -2.04. The molecule has 0 radical (unpaired) electrons. The molecule has 1 rings (SSSR count). The lowest BCUT2D eigenvalue weighted by atomic mass is 10.2. The summed E-state index contributed by atoms with van der Waals surface area (Å²) in [4.78, 5) is 8.95. The lowest BCUT2D eigenvalue weighted by molar-refractivity contribution is 0.232. The lowest BCUT2D eigenvalue weighted by Gasteiger charge is -2.04. The van der Waals surface area contributed by atoms with Crippen LogP contribution in [0, 0.1) is 30.6 Å². The van der Waals surface area contributed by atoms with Gasteiger partial charge in [0.15, 0.2) is 0 Å². The first-order chi connectivity index (χ1) is 6.77. The average molecular weight is 187 g/mol. The Balaban J connectivity index is 2.69. The van der Waals surface area contributed by atoms with Crippen LogP contribution in [0.25, 0.3) is 0 Å². The van der Waals surface area contributed by atoms with E-state index in [-0.39, 0.29) is 6.61 Å². The third-order valence-corrected chi connectivity index (χ3v) is 1.54. The summed E-state index contributed by atoms with van der Waals surface area (Å²) in [5.74, 6) is 2.85. The minimum Gasteiger partial charge on any atom is -0.262 e. The van der Waals surface area contributed by atoms with E-state index in [0.717, 1.165) is 0 Å². The minimum absolute atomic E-state index is 0.167. The van der Waals surface area contributed by atoms with Gasteiger partial charge in [0.25, 0.3) is 0 Å². The van der Waals surface area contributed by atoms with E-state index in [1.807, 2.05) is 6.07 Å². The van der Waals surface area contributed by atoms with Crippen molar-refractivity contribution in [3.05, 3.63) is 23.4 Å². The molecule has 70 valence electrons. The molecular weight excluding hydrogens is 178 g/mol. The van der Waals surface area contributed by atoms with Crippen molar-refractivity contribution < 1.29 is 4.84 Å². The van der Waals surface area contributed by atoms with E-state index in [4.69, 9.17) is 16.5 Å². The number of nitrogens with one attached hydrogen (secondary N) is 1. The zero-order valence-electron chi connectivity index (χ0n) is 7.74. The van der Waals surface area contributed by atoms with Crippen LogP contribution in [0.3, 0.4) is 0 Å². The van der Waals surface area contributed by atoms with Gasteiger partial charge in [-0.15, -0.1) is 6.42 Å². The molecule has 0 aliphatic heterocycles. The standard InChI is InChI=1S/C10H9N3O/c1-3-6-14-13-10-5-4-9(7-11)8(2)12-10/h1,4-5H,6H2,2H3,(H,12,13). The fourth-order valence-electron chi connectivity index (χ4n) is 0.888. The molecule has 0 aromatic carbocycles. The SMILES string of the molecule is C#CCONc1ccc(C#N)c(C)n1. The summed E-state index contributed by atoms with van der Waals surface area (Å²) in [6, 6.07) is 5.35. The molecule has 1 aromatic rings. The Bertz CT molecular complexity index is 401. The zero-order valence-corrected chi connectivity index (χ0v) is 7.74. The second-order valence-corrected chi connectivity index (χ2v) is 2.54. The van der Waals surface area contributed by atoms with Crippen molar-refractivity contribution in [2.75, 3.05) is 12.1 Å². The highest BCUT2D eigenvalue weighted by Crippen LogP contribution is 2.08. The Morgan fingerprint density at radius 3 is 3.00 bits per heavy atom. The minimum atomic E-state index is 0.167. The number of terminal acetylenes is 1. The lowest BCUT2D eigenvalue weighted by Crippen LogP contribution is -2.04. The Morgan fingerprint density at radius 2 is 2.43 bits per heavy atom. The molecule has 0 aliphatic carbocycles. The molecule has 4 nitrogen and oxygen atoms in total. The van der Waals surface area contributed by atoms with Crippen LogP contribution in [-0.4, -0.2) is 11.6 Å². The molecule has 1 heterocycles. The van der Waals surface area contributed by atoms with E-state index >= 15 is 0 Å². The van der Waals surface area contributed by atoms with E-state index in [9.17, 15) is 0 Å². The van der Waals surface area contributed by atoms with Crippen LogP contribution in [0.1, 0.15) is 11.3 Å². The van der Waals surface area contributed by atoms with Crippen LogP contribution >= 0.6 is 0 Å². The fraction of sp³-hybridized carbons (Fsp3) is 0.200. The van der Waals surface area contributed by atoms with Crippen molar-refractivity contribution in [1.29, 1.82) is 5.26 Å². The number of hydrogen-bond donors (Lipinski definition) is 1. The van der Waals surface area contributed by atoms with Crippen LogP contribution in [0.5, 0.6) is 0 Å². The van der Waals surface area contributed by atoms with Crippen molar-refractivity contribution >= 4 is 5.82 Å². The predicted octanol–water partition coefficient (Wildman–Crippen LogP) is 1.24. The van der Waals surface area contributed by atoms with Gasteiger partial charge >= 0.3 is 0 Å². The van der Waals surface area contributed by atoms with Crippen molar-refractivity contribution in [2.24, 2.45) is 0 Å². The molecule has 1 N–H and O–H groups in total. The molecule has 0 saturated heterocycles. The molecule has 0 aliphatic rings. The summed E-state index contributed by atoms with van der Waals surface area (Å²) < 4.78 is 0. The largest absolute Gasteiger partial charge is 0.262 e. The van der Waals surface area contributed by atoms with Gasteiger partial charge in [0, 0.05) is 0 Å². The summed E-state index contributed by atoms with van der Waals surface area (Å²) in [7, 11) is 0. The zero-order chi connectivity index (χ0) is 10.4. The van der Waals surface area contributed by atoms with Gasteiger partial charge in [0.05, 0.1) is 11.3 Å². The van der Waals surface area contributed by atoms with E-state index in [1.54, 1.807) is 19.1 Å². The highest BCUT2D eigenvalue weighted by atomic mass is 16.6. The van der Waals surface area contributed by atoms with E-state index in [0.29, 0.717) is 17.1 Å². The highest BCUT2D eigenvalue weighted by molar-refractivity contribution is 5.41. The summed E-state index contributed by atoms with van der Waals surface area (Å²) in [6.07, 6.45) is 4.99. The second-order valence-electron chi connectivity index (χ2n) is 2.54. The van der Waals surface area contributed by atoms with E-state index in [2.05, 4.69) is 16.4 Å². The molecule has 0 bridgehead atoms. The first-order valence-electron chi connectivity index (χ1n) is 3.97. The van der Waals surface area contributed by atoms with Crippen molar-refractivity contribution in [3.8, 4) is 18.4 Å². The van der Waals surface area contributed by atoms with Crippen molar-refractivity contribution in [3.63, 3.8) is 0 Å². The normalized spacial score (nSPS) is 8.79. The van der Waals surface area contributed by atoms with Crippen LogP contribution < -0.4 is 5.48 Å². The quantitative estimate of drug-likeness (QED) is 0.439. The number of anilines is 1. The molecule has 0 unspecified atom stereocenters. The van der Waals surface area contributed by atoms with Crippen LogP contribution in [0.2, 0.25) is 0 Å². The Labute approximate surface area is 82.5 Å². The molecule has 0 saturated carbocycles. The summed E-state index contributed by atoms with van der Waals surface area (Å²) in [5.41, 5.74) is 3.78. The molecule has 0 spiro atoms. The summed E-state index contributed by atoms with van der Waals surface area (Å²) in [5, 5.41) is 8.66. The third kappa shape index (κ3) is 2.48. The number of rotatable bonds is 3. The molecule has 4 heteroatoms. The summed E-state index contributed by atoms with van der Waals surface area (Å²) >= 11 is 0. The van der Waals surface area contributed by atoms with Gasteiger partial charge in [-0.05, 0) is 19.1 Å². The highest BCUT2D eigenvalue weighted by Gasteiger charge is 1.99. The molecule has 0 atom stereocenters. The number of nitrogens with zero attached hydrogens (tertiary/aromatic N) is 2. The van der Waals surface area contributed by atoms with Gasteiger partial charge in [-0.2, -0.15) is 5.26 Å². The van der Waals surface area contributed by atoms with Crippen LogP contribution in [0.15, 0.2) is 12.1 Å². The van der Waals surface area contributed by atoms with Gasteiger partial charge < -0.3 is 0 Å². The van der Waals surface area contributed by atoms with E-state index in [1.165, 1.54) is 0 Å². The maximum atomic E-state index is 8.66. The first kappa shape index (κ1) is 10.0. The van der Waals surface area contributed by atoms with Crippen LogP contribution in [-0.2, 0) is 4.84 Å². The third-order valence-electron chi connectivity index (χ3n) is 1.54. The van der Waals surface area contributed by atoms with Crippen LogP contribution in [0.4, 0.5) is 5.82 Å². The maximum Gasteiger partial charge on any atom is 0.150 e. The van der Waals surface area contributed by atoms with Gasteiger partial charge in [0.2, 0.25) is 0 Å². The number of nitriles is 1. The maximum absolute atomic E-state index is 8.66. The van der Waals surface area contributed by atoms with Gasteiger partial charge in [-0.25, -0.2) is 10.5 Å². The van der Waals surface area contributed by atoms with Crippen molar-refractivity contribution in [2.45, 2.75) is 6.92 Å². The second kappa shape index (κ2) is 4.86. The molecule has 0 fully saturated rings. The molecular formula is C10H9N3O. The van der Waals surface area contributed by atoms with E-state index < -0.39 is 0 Å². The molecule has 0 amide bonds. The number of hydrogen-bond acceptors (Lipinski definition) is 4. The monoisotopic (exact) mass is 187 g/mol. The Morgan fingerprint density at radius 1 is 1.64 bits per heavy atom. The van der Waals surface area contributed by atoms with Gasteiger partial charge in [-0.1, -0.05) is 5.92 Å². The van der Waals surface area contributed by atoms with Crippen molar-refractivity contribution in [1.82, 2.24) is 4.98 Å². The smallest absolute Gasteiger partial charge is 0.150 e. The van der Waals surface area contributed by atoms with Gasteiger partial charge in [0.1, 0.15) is 18.5 Å². The summed E-state index contributed by atoms with van der Waals surface area (Å²) in [6.45, 7) is 1.92. The number of aryl methyl sites for hydroxylation is 1. The topological polar surface area (TPSA) is 57.9 Å².